The van der Waals surface area contributed by atoms with Crippen molar-refractivity contribution in [1.82, 2.24) is 10.2 Å². The molecule has 1 aliphatic rings. The van der Waals surface area contributed by atoms with Crippen molar-refractivity contribution in [3.05, 3.63) is 46.7 Å². The molecule has 1 aliphatic heterocycles. The molecule has 0 saturated carbocycles. The van der Waals surface area contributed by atoms with Gasteiger partial charge in [0.15, 0.2) is 0 Å². The normalized spacial score (nSPS) is 15.7. The van der Waals surface area contributed by atoms with Crippen molar-refractivity contribution in [1.29, 1.82) is 0 Å². The van der Waals surface area contributed by atoms with Crippen molar-refractivity contribution in [2.75, 3.05) is 44.2 Å². The summed E-state index contributed by atoms with van der Waals surface area (Å²) in [6.07, 6.45) is 4.46. The van der Waals surface area contributed by atoms with E-state index in [1.54, 1.807) is 11.3 Å². The van der Waals surface area contributed by atoms with Gasteiger partial charge in [-0.25, -0.2) is 0 Å². The van der Waals surface area contributed by atoms with Crippen LogP contribution in [0.1, 0.15) is 50.5 Å². The third-order valence-corrected chi connectivity index (χ3v) is 6.48. The monoisotopic (exact) mass is 429 g/mol. The first-order valence-electron chi connectivity index (χ1n) is 11.2. The number of ether oxygens (including phenoxy) is 1. The van der Waals surface area contributed by atoms with E-state index in [4.69, 9.17) is 4.74 Å². The number of nitrogens with zero attached hydrogens (tertiary/aromatic N) is 2. The second kappa shape index (κ2) is 12.0. The van der Waals surface area contributed by atoms with Crippen molar-refractivity contribution in [3.63, 3.8) is 0 Å². The van der Waals surface area contributed by atoms with E-state index in [1.807, 2.05) is 11.8 Å². The highest BCUT2D eigenvalue weighted by molar-refractivity contribution is 7.10. The quantitative estimate of drug-likeness (QED) is 0.594. The van der Waals surface area contributed by atoms with Gasteiger partial charge in [-0.05, 0) is 49.4 Å². The molecule has 0 radical (unpaired) electrons. The van der Waals surface area contributed by atoms with Gasteiger partial charge in [0.2, 0.25) is 5.91 Å². The number of hydrogen-bond donors (Lipinski definition) is 1. The summed E-state index contributed by atoms with van der Waals surface area (Å²) in [5.41, 5.74) is 1.17. The van der Waals surface area contributed by atoms with Gasteiger partial charge < -0.3 is 19.9 Å². The molecule has 1 aromatic heterocycles. The van der Waals surface area contributed by atoms with Gasteiger partial charge >= 0.3 is 0 Å². The minimum absolute atomic E-state index is 0.114. The number of thiophene rings is 1. The Balaban J connectivity index is 1.63. The third-order valence-electron chi connectivity index (χ3n) is 5.52. The number of rotatable bonds is 10. The van der Waals surface area contributed by atoms with Crippen LogP contribution < -0.4 is 15.0 Å². The average molecular weight is 430 g/mol. The van der Waals surface area contributed by atoms with E-state index in [0.717, 1.165) is 57.7 Å². The maximum Gasteiger partial charge on any atom is 0.236 e. The number of benzene rings is 1. The molecule has 6 heteroatoms. The number of anilines is 1. The largest absolute Gasteiger partial charge is 0.485 e. The van der Waals surface area contributed by atoms with Crippen molar-refractivity contribution in [3.8, 4) is 5.75 Å². The molecule has 2 aromatic rings. The summed E-state index contributed by atoms with van der Waals surface area (Å²) in [6.45, 7) is 8.91. The minimum Gasteiger partial charge on any atom is -0.485 e. The van der Waals surface area contributed by atoms with Gasteiger partial charge in [0.25, 0.3) is 0 Å². The van der Waals surface area contributed by atoms with E-state index < -0.39 is 0 Å². The Morgan fingerprint density at radius 1 is 1.17 bits per heavy atom. The zero-order valence-electron chi connectivity index (χ0n) is 18.3. The SMILES string of the molecule is CCCCC(Oc1cccc(N2CCCN(C(=O)CNCC)CC2)c1)c1cccs1. The number of carbonyl (C=O) groups is 1. The molecule has 1 aromatic carbocycles. The van der Waals surface area contributed by atoms with Gasteiger partial charge in [0, 0.05) is 42.8 Å². The fraction of sp³-hybridized carbons (Fsp3) is 0.542. The van der Waals surface area contributed by atoms with Crippen LogP contribution >= 0.6 is 11.3 Å². The predicted molar refractivity (Wildman–Crippen MR) is 126 cm³/mol. The Morgan fingerprint density at radius 3 is 2.83 bits per heavy atom. The molecule has 1 unspecified atom stereocenters. The first-order chi connectivity index (χ1) is 14.7. The highest BCUT2D eigenvalue weighted by Gasteiger charge is 2.20. The van der Waals surface area contributed by atoms with Crippen molar-refractivity contribution >= 4 is 22.9 Å². The Hall–Kier alpha value is -2.05. The van der Waals surface area contributed by atoms with Crippen LogP contribution in [0.5, 0.6) is 5.75 Å². The number of nitrogens with one attached hydrogen (secondary N) is 1. The van der Waals surface area contributed by atoms with Gasteiger partial charge in [-0.1, -0.05) is 32.4 Å². The average Bonchev–Trinajstić information content (AvgIpc) is 3.19. The molecule has 164 valence electrons. The standard InChI is InChI=1S/C24H35N3O2S/c1-3-5-11-22(23-12-7-17-30-23)29-21-10-6-9-20(18-21)26-13-8-14-27(16-15-26)24(28)19-25-4-2/h6-7,9-10,12,17-18,22,25H,3-5,8,11,13-16,19H2,1-2H3. The lowest BCUT2D eigenvalue weighted by molar-refractivity contribution is -0.130. The predicted octanol–water partition coefficient (Wildman–Crippen LogP) is 4.71. The van der Waals surface area contributed by atoms with Crippen LogP contribution in [0, 0.1) is 0 Å². The molecule has 3 rings (SSSR count). The Bertz CT molecular complexity index is 766. The maximum absolute atomic E-state index is 12.4. The van der Waals surface area contributed by atoms with Crippen LogP contribution in [-0.4, -0.2) is 50.1 Å². The first kappa shape index (κ1) is 22.6. The number of amides is 1. The second-order valence-corrected chi connectivity index (χ2v) is 8.74. The molecule has 2 heterocycles. The zero-order valence-corrected chi connectivity index (χ0v) is 19.1. The van der Waals surface area contributed by atoms with Crippen LogP contribution in [0.15, 0.2) is 41.8 Å². The van der Waals surface area contributed by atoms with Crippen LogP contribution in [0.3, 0.4) is 0 Å². The minimum atomic E-state index is 0.114. The van der Waals surface area contributed by atoms with Gasteiger partial charge in [0.05, 0.1) is 6.54 Å². The highest BCUT2D eigenvalue weighted by atomic mass is 32.1. The number of unbranched alkanes of at least 4 members (excludes halogenated alkanes) is 1. The van der Waals surface area contributed by atoms with Gasteiger partial charge in [-0.2, -0.15) is 0 Å². The van der Waals surface area contributed by atoms with E-state index >= 15 is 0 Å². The number of carbonyl (C=O) groups excluding carboxylic acids is 1. The van der Waals surface area contributed by atoms with Crippen LogP contribution in [0.4, 0.5) is 5.69 Å². The summed E-state index contributed by atoms with van der Waals surface area (Å²) < 4.78 is 6.44. The lowest BCUT2D eigenvalue weighted by atomic mass is 10.1. The first-order valence-corrected chi connectivity index (χ1v) is 12.1. The molecule has 1 atom stereocenters. The fourth-order valence-corrected chi connectivity index (χ4v) is 4.60. The van der Waals surface area contributed by atoms with Crippen LogP contribution in [-0.2, 0) is 4.79 Å². The van der Waals surface area contributed by atoms with E-state index in [-0.39, 0.29) is 12.0 Å². The van der Waals surface area contributed by atoms with E-state index in [1.165, 1.54) is 17.0 Å². The van der Waals surface area contributed by atoms with E-state index in [0.29, 0.717) is 6.54 Å². The topological polar surface area (TPSA) is 44.8 Å². The molecule has 1 amide bonds. The van der Waals surface area contributed by atoms with Crippen molar-refractivity contribution in [2.24, 2.45) is 0 Å². The smallest absolute Gasteiger partial charge is 0.236 e. The summed E-state index contributed by atoms with van der Waals surface area (Å²) in [7, 11) is 0. The summed E-state index contributed by atoms with van der Waals surface area (Å²) >= 11 is 1.77. The van der Waals surface area contributed by atoms with E-state index in [2.05, 4.69) is 58.9 Å². The molecule has 0 bridgehead atoms. The molecule has 1 N–H and O–H groups in total. The molecule has 5 nitrogen and oxygen atoms in total. The van der Waals surface area contributed by atoms with Gasteiger partial charge in [-0.3, -0.25) is 4.79 Å². The summed E-state index contributed by atoms with van der Waals surface area (Å²) in [4.78, 5) is 18.0. The van der Waals surface area contributed by atoms with E-state index in [9.17, 15) is 4.79 Å². The molecule has 1 saturated heterocycles. The van der Waals surface area contributed by atoms with Crippen molar-refractivity contribution in [2.45, 2.75) is 45.6 Å². The number of hydrogen-bond acceptors (Lipinski definition) is 5. The fourth-order valence-electron chi connectivity index (χ4n) is 3.81. The summed E-state index contributed by atoms with van der Waals surface area (Å²) in [5, 5.41) is 5.26. The van der Waals surface area contributed by atoms with Crippen LogP contribution in [0.2, 0.25) is 0 Å². The molecular formula is C24H35N3O2S. The van der Waals surface area contributed by atoms with Crippen molar-refractivity contribution < 1.29 is 9.53 Å². The molecule has 1 fully saturated rings. The molecule has 0 aliphatic carbocycles. The Morgan fingerprint density at radius 2 is 2.07 bits per heavy atom. The highest BCUT2D eigenvalue weighted by Crippen LogP contribution is 2.31. The summed E-state index contributed by atoms with van der Waals surface area (Å²) in [5.74, 6) is 1.12. The molecule has 30 heavy (non-hydrogen) atoms. The molecule has 0 spiro atoms. The maximum atomic E-state index is 12.4. The Labute approximate surface area is 185 Å². The van der Waals surface area contributed by atoms with Gasteiger partial charge in [0.1, 0.15) is 11.9 Å². The zero-order chi connectivity index (χ0) is 21.2. The molecular weight excluding hydrogens is 394 g/mol. The summed E-state index contributed by atoms with van der Waals surface area (Å²) in [6, 6.07) is 12.7. The number of likely N-dealkylation sites (N-methyl/N-ethyl adjacent to an activating group) is 1. The lowest BCUT2D eigenvalue weighted by Gasteiger charge is -2.25. The third kappa shape index (κ3) is 6.47. The lowest BCUT2D eigenvalue weighted by Crippen LogP contribution is -2.40. The second-order valence-electron chi connectivity index (χ2n) is 7.76. The Kier molecular flexibility index (Phi) is 9.02. The van der Waals surface area contributed by atoms with Gasteiger partial charge in [-0.15, -0.1) is 11.3 Å². The van der Waals surface area contributed by atoms with Crippen LogP contribution in [0.25, 0.3) is 0 Å².